The fourth-order valence-corrected chi connectivity index (χ4v) is 2.97. The number of nitrogens with two attached hydrogens (primary N) is 1. The van der Waals surface area contributed by atoms with Crippen LogP contribution in [0.4, 0.5) is 0 Å². The summed E-state index contributed by atoms with van der Waals surface area (Å²) in [6, 6.07) is 4.45. The van der Waals surface area contributed by atoms with Crippen LogP contribution in [0.25, 0.3) is 0 Å². The third-order valence-corrected chi connectivity index (χ3v) is 3.86. The molecular formula is C11H18N2S. The van der Waals surface area contributed by atoms with Crippen LogP contribution in [-0.2, 0) is 6.54 Å². The maximum atomic E-state index is 5.67. The molecule has 1 aliphatic rings. The van der Waals surface area contributed by atoms with Crippen LogP contribution in [0.5, 0.6) is 0 Å². The second-order valence-electron chi connectivity index (χ2n) is 4.14. The molecule has 1 atom stereocenters. The molecule has 2 rings (SSSR count). The first kappa shape index (κ1) is 10.1. The first-order valence-corrected chi connectivity index (χ1v) is 6.07. The molecule has 1 aliphatic heterocycles. The molecule has 0 spiro atoms. The van der Waals surface area contributed by atoms with E-state index in [0.717, 1.165) is 19.0 Å². The highest BCUT2D eigenvalue weighted by atomic mass is 32.1. The summed E-state index contributed by atoms with van der Waals surface area (Å²) in [7, 11) is 0. The number of hydrogen-bond acceptors (Lipinski definition) is 3. The minimum atomic E-state index is 0.732. The van der Waals surface area contributed by atoms with Gasteiger partial charge in [0.1, 0.15) is 0 Å². The molecule has 0 bridgehead atoms. The Bertz CT molecular complexity index is 295. The third kappa shape index (κ3) is 2.35. The lowest BCUT2D eigenvalue weighted by atomic mass is 10.1. The molecule has 1 aromatic heterocycles. The largest absolute Gasteiger partial charge is 0.330 e. The zero-order chi connectivity index (χ0) is 9.97. The molecule has 2 N–H and O–H groups in total. The summed E-state index contributed by atoms with van der Waals surface area (Å²) in [5.74, 6) is 0.732. The van der Waals surface area contributed by atoms with Gasteiger partial charge in [-0.15, -0.1) is 11.3 Å². The van der Waals surface area contributed by atoms with Gasteiger partial charge in [-0.1, -0.05) is 0 Å². The zero-order valence-corrected chi connectivity index (χ0v) is 9.52. The molecule has 0 saturated carbocycles. The third-order valence-electron chi connectivity index (χ3n) is 2.88. The summed E-state index contributed by atoms with van der Waals surface area (Å²) >= 11 is 1.91. The van der Waals surface area contributed by atoms with Gasteiger partial charge in [-0.05, 0) is 44.5 Å². The van der Waals surface area contributed by atoms with Crippen molar-refractivity contribution >= 4 is 11.3 Å². The van der Waals surface area contributed by atoms with Crippen LogP contribution >= 0.6 is 11.3 Å². The lowest BCUT2D eigenvalue weighted by Gasteiger charge is -2.13. The van der Waals surface area contributed by atoms with Gasteiger partial charge in [-0.25, -0.2) is 0 Å². The number of rotatable bonds is 3. The quantitative estimate of drug-likeness (QED) is 0.825. The maximum absolute atomic E-state index is 5.67. The highest BCUT2D eigenvalue weighted by Gasteiger charge is 2.21. The van der Waals surface area contributed by atoms with E-state index in [1.165, 1.54) is 29.3 Å². The Morgan fingerprint density at radius 1 is 1.57 bits per heavy atom. The number of nitrogens with zero attached hydrogens (tertiary/aromatic N) is 1. The highest BCUT2D eigenvalue weighted by molar-refractivity contribution is 7.11. The van der Waals surface area contributed by atoms with Crippen LogP contribution in [-0.4, -0.2) is 24.5 Å². The molecule has 3 heteroatoms. The zero-order valence-electron chi connectivity index (χ0n) is 8.70. The van der Waals surface area contributed by atoms with Crippen molar-refractivity contribution in [3.8, 4) is 0 Å². The molecule has 1 unspecified atom stereocenters. The number of aryl methyl sites for hydroxylation is 1. The van der Waals surface area contributed by atoms with E-state index in [1.54, 1.807) is 0 Å². The van der Waals surface area contributed by atoms with E-state index in [4.69, 9.17) is 5.73 Å². The fraction of sp³-hybridized carbons (Fsp3) is 0.636. The van der Waals surface area contributed by atoms with E-state index in [9.17, 15) is 0 Å². The van der Waals surface area contributed by atoms with Crippen molar-refractivity contribution in [2.24, 2.45) is 11.7 Å². The van der Waals surface area contributed by atoms with E-state index in [-0.39, 0.29) is 0 Å². The summed E-state index contributed by atoms with van der Waals surface area (Å²) in [6.07, 6.45) is 1.28. The van der Waals surface area contributed by atoms with Gasteiger partial charge in [-0.3, -0.25) is 4.90 Å². The highest BCUT2D eigenvalue weighted by Crippen LogP contribution is 2.21. The van der Waals surface area contributed by atoms with Crippen molar-refractivity contribution < 1.29 is 0 Å². The van der Waals surface area contributed by atoms with E-state index in [1.807, 2.05) is 11.3 Å². The average Bonchev–Trinajstić information content (AvgIpc) is 2.76. The Balaban J connectivity index is 1.87. The first-order chi connectivity index (χ1) is 6.78. The van der Waals surface area contributed by atoms with Gasteiger partial charge in [0, 0.05) is 22.8 Å². The van der Waals surface area contributed by atoms with Gasteiger partial charge >= 0.3 is 0 Å². The van der Waals surface area contributed by atoms with Crippen molar-refractivity contribution in [3.63, 3.8) is 0 Å². The first-order valence-electron chi connectivity index (χ1n) is 5.25. The predicted octanol–water partition coefficient (Wildman–Crippen LogP) is 1.84. The number of likely N-dealkylation sites (tertiary alicyclic amines) is 1. The second-order valence-corrected chi connectivity index (χ2v) is 5.51. The van der Waals surface area contributed by atoms with Crippen LogP contribution in [0, 0.1) is 12.8 Å². The van der Waals surface area contributed by atoms with Crippen molar-refractivity contribution in [2.45, 2.75) is 19.9 Å². The topological polar surface area (TPSA) is 29.3 Å². The van der Waals surface area contributed by atoms with E-state index < -0.39 is 0 Å². The van der Waals surface area contributed by atoms with Crippen LogP contribution in [0.1, 0.15) is 16.2 Å². The molecule has 78 valence electrons. The molecule has 2 heterocycles. The second kappa shape index (κ2) is 4.43. The predicted molar refractivity (Wildman–Crippen MR) is 61.5 cm³/mol. The fourth-order valence-electron chi connectivity index (χ4n) is 2.04. The van der Waals surface area contributed by atoms with Gasteiger partial charge in [0.15, 0.2) is 0 Å². The van der Waals surface area contributed by atoms with Gasteiger partial charge in [0.05, 0.1) is 0 Å². The normalized spacial score (nSPS) is 23.1. The lowest BCUT2D eigenvalue weighted by molar-refractivity contribution is 0.320. The molecule has 1 saturated heterocycles. The molecule has 1 fully saturated rings. The minimum Gasteiger partial charge on any atom is -0.330 e. The van der Waals surface area contributed by atoms with Crippen molar-refractivity contribution in [1.82, 2.24) is 4.90 Å². The smallest absolute Gasteiger partial charge is 0.0328 e. The van der Waals surface area contributed by atoms with Crippen LogP contribution < -0.4 is 5.73 Å². The van der Waals surface area contributed by atoms with Gasteiger partial charge < -0.3 is 5.73 Å². The molecule has 0 aliphatic carbocycles. The Morgan fingerprint density at radius 2 is 2.43 bits per heavy atom. The summed E-state index contributed by atoms with van der Waals surface area (Å²) in [4.78, 5) is 5.41. The Kier molecular flexibility index (Phi) is 3.21. The summed E-state index contributed by atoms with van der Waals surface area (Å²) in [5, 5.41) is 0. The van der Waals surface area contributed by atoms with Gasteiger partial charge in [0.2, 0.25) is 0 Å². The Morgan fingerprint density at radius 3 is 3.00 bits per heavy atom. The van der Waals surface area contributed by atoms with E-state index in [2.05, 4.69) is 24.0 Å². The van der Waals surface area contributed by atoms with E-state index >= 15 is 0 Å². The molecule has 14 heavy (non-hydrogen) atoms. The Labute approximate surface area is 89.7 Å². The monoisotopic (exact) mass is 210 g/mol. The standard InChI is InChI=1S/C11H18N2S/c1-9-2-3-11(14-9)8-13-5-4-10(6-12)7-13/h2-3,10H,4-8,12H2,1H3. The van der Waals surface area contributed by atoms with Crippen LogP contribution in [0.3, 0.4) is 0 Å². The SMILES string of the molecule is Cc1ccc(CN2CCC(CN)C2)s1. The van der Waals surface area contributed by atoms with Crippen LogP contribution in [0.15, 0.2) is 12.1 Å². The molecule has 2 nitrogen and oxygen atoms in total. The summed E-state index contributed by atoms with van der Waals surface area (Å²) < 4.78 is 0. The van der Waals surface area contributed by atoms with Gasteiger partial charge in [0.25, 0.3) is 0 Å². The lowest BCUT2D eigenvalue weighted by Crippen LogP contribution is -2.22. The van der Waals surface area contributed by atoms with Crippen molar-refractivity contribution in [1.29, 1.82) is 0 Å². The van der Waals surface area contributed by atoms with Crippen molar-refractivity contribution in [3.05, 3.63) is 21.9 Å². The molecule has 0 aromatic carbocycles. The summed E-state index contributed by atoms with van der Waals surface area (Å²) in [5.41, 5.74) is 5.67. The molecular weight excluding hydrogens is 192 g/mol. The maximum Gasteiger partial charge on any atom is 0.0328 e. The van der Waals surface area contributed by atoms with Gasteiger partial charge in [-0.2, -0.15) is 0 Å². The summed E-state index contributed by atoms with van der Waals surface area (Å²) in [6.45, 7) is 6.54. The molecule has 0 radical (unpaired) electrons. The number of thiophene rings is 1. The Hall–Kier alpha value is -0.380. The average molecular weight is 210 g/mol. The molecule has 0 amide bonds. The molecule has 1 aromatic rings. The van der Waals surface area contributed by atoms with Crippen LogP contribution in [0.2, 0.25) is 0 Å². The van der Waals surface area contributed by atoms with E-state index in [0.29, 0.717) is 0 Å². The van der Waals surface area contributed by atoms with Crippen molar-refractivity contribution in [2.75, 3.05) is 19.6 Å². The number of hydrogen-bond donors (Lipinski definition) is 1. The minimum absolute atomic E-state index is 0.732.